The van der Waals surface area contributed by atoms with E-state index < -0.39 is 37.0 Å². The minimum atomic E-state index is -1.22. The smallest absolute Gasteiger partial charge is 0.317 e. The molecule has 0 saturated carbocycles. The lowest BCUT2D eigenvalue weighted by molar-refractivity contribution is -0.143. The third-order valence-corrected chi connectivity index (χ3v) is 3.46. The highest BCUT2D eigenvalue weighted by molar-refractivity contribution is 5.84. The molecular weight excluding hydrogens is 300 g/mol. The zero-order chi connectivity index (χ0) is 17.4. The molecule has 0 bridgehead atoms. The summed E-state index contributed by atoms with van der Waals surface area (Å²) in [5, 5.41) is 18.0. The van der Waals surface area contributed by atoms with Crippen molar-refractivity contribution in [2.24, 2.45) is 5.73 Å². The summed E-state index contributed by atoms with van der Waals surface area (Å²) >= 11 is 0. The van der Waals surface area contributed by atoms with E-state index in [1.165, 1.54) is 0 Å². The third kappa shape index (κ3) is 5.71. The van der Waals surface area contributed by atoms with E-state index in [0.29, 0.717) is 12.0 Å². The van der Waals surface area contributed by atoms with Crippen LogP contribution in [0.2, 0.25) is 0 Å². The SMILES string of the molecule is CCCCc1ccccc1C(C(N)=O)N(CC(=O)O)CC(=O)O. The molecule has 7 heteroatoms. The van der Waals surface area contributed by atoms with Crippen LogP contribution in [-0.2, 0) is 20.8 Å². The molecule has 0 saturated heterocycles. The van der Waals surface area contributed by atoms with E-state index in [2.05, 4.69) is 0 Å². The lowest BCUT2D eigenvalue weighted by Crippen LogP contribution is -2.43. The fraction of sp³-hybridized carbons (Fsp3) is 0.438. The van der Waals surface area contributed by atoms with Gasteiger partial charge in [0, 0.05) is 0 Å². The molecule has 1 rings (SSSR count). The Morgan fingerprint density at radius 2 is 1.70 bits per heavy atom. The summed E-state index contributed by atoms with van der Waals surface area (Å²) in [6.45, 7) is 0.874. The van der Waals surface area contributed by atoms with Gasteiger partial charge in [0.1, 0.15) is 6.04 Å². The number of hydrogen-bond acceptors (Lipinski definition) is 4. The zero-order valence-corrected chi connectivity index (χ0v) is 13.1. The average molecular weight is 322 g/mol. The van der Waals surface area contributed by atoms with E-state index >= 15 is 0 Å². The van der Waals surface area contributed by atoms with Crippen LogP contribution in [0.15, 0.2) is 24.3 Å². The molecule has 0 heterocycles. The maximum Gasteiger partial charge on any atom is 0.317 e. The number of nitrogens with zero attached hydrogens (tertiary/aromatic N) is 1. The van der Waals surface area contributed by atoms with Gasteiger partial charge in [0.05, 0.1) is 13.1 Å². The van der Waals surface area contributed by atoms with Crippen molar-refractivity contribution in [2.75, 3.05) is 13.1 Å². The first-order valence-electron chi connectivity index (χ1n) is 7.41. The second kappa shape index (κ2) is 8.89. The minimum Gasteiger partial charge on any atom is -0.480 e. The van der Waals surface area contributed by atoms with Gasteiger partial charge in [-0.15, -0.1) is 0 Å². The molecule has 1 unspecified atom stereocenters. The molecule has 0 aromatic heterocycles. The number of aliphatic carboxylic acids is 2. The normalized spacial score (nSPS) is 12.1. The van der Waals surface area contributed by atoms with Crippen molar-refractivity contribution in [1.29, 1.82) is 0 Å². The van der Waals surface area contributed by atoms with Crippen molar-refractivity contribution >= 4 is 17.8 Å². The van der Waals surface area contributed by atoms with Crippen LogP contribution in [0.1, 0.15) is 36.9 Å². The van der Waals surface area contributed by atoms with Gasteiger partial charge >= 0.3 is 11.9 Å². The molecule has 1 aromatic carbocycles. The fourth-order valence-corrected chi connectivity index (χ4v) is 2.51. The first-order chi connectivity index (χ1) is 10.9. The number of rotatable bonds is 10. The number of amides is 1. The molecule has 1 amide bonds. The van der Waals surface area contributed by atoms with Gasteiger partial charge in [-0.05, 0) is 24.0 Å². The van der Waals surface area contributed by atoms with Crippen molar-refractivity contribution < 1.29 is 24.6 Å². The standard InChI is InChI=1S/C16H22N2O5/c1-2-3-6-11-7-4-5-8-12(11)15(16(17)23)18(9-13(19)20)10-14(21)22/h4-5,7-8,15H,2-3,6,9-10H2,1H3,(H2,17,23)(H,19,20)(H,21,22). The number of aryl methyl sites for hydroxylation is 1. The van der Waals surface area contributed by atoms with Gasteiger partial charge in [-0.1, -0.05) is 37.6 Å². The van der Waals surface area contributed by atoms with Crippen molar-refractivity contribution in [1.82, 2.24) is 4.90 Å². The Bertz CT molecular complexity index is 557. The van der Waals surface area contributed by atoms with Crippen molar-refractivity contribution in [2.45, 2.75) is 32.2 Å². The Morgan fingerprint density at radius 1 is 1.13 bits per heavy atom. The van der Waals surface area contributed by atoms with Crippen LogP contribution in [0.4, 0.5) is 0 Å². The van der Waals surface area contributed by atoms with E-state index in [1.54, 1.807) is 12.1 Å². The van der Waals surface area contributed by atoms with Crippen LogP contribution in [0, 0.1) is 0 Å². The topological polar surface area (TPSA) is 121 Å². The molecule has 0 radical (unpaired) electrons. The monoisotopic (exact) mass is 322 g/mol. The van der Waals surface area contributed by atoms with Gasteiger partial charge < -0.3 is 15.9 Å². The van der Waals surface area contributed by atoms with E-state index in [4.69, 9.17) is 15.9 Å². The first-order valence-corrected chi connectivity index (χ1v) is 7.41. The predicted octanol–water partition coefficient (Wildman–Crippen LogP) is 1.03. The second-order valence-corrected chi connectivity index (χ2v) is 5.30. The largest absolute Gasteiger partial charge is 0.480 e. The zero-order valence-electron chi connectivity index (χ0n) is 13.1. The first kappa shape index (κ1) is 18.6. The van der Waals surface area contributed by atoms with E-state index in [1.807, 2.05) is 19.1 Å². The number of benzene rings is 1. The van der Waals surface area contributed by atoms with Gasteiger partial charge in [-0.3, -0.25) is 19.3 Å². The van der Waals surface area contributed by atoms with Crippen molar-refractivity contribution in [3.8, 4) is 0 Å². The summed E-state index contributed by atoms with van der Waals surface area (Å²) in [5.74, 6) is -3.21. The Balaban J connectivity index is 3.24. The summed E-state index contributed by atoms with van der Waals surface area (Å²) in [7, 11) is 0. The van der Waals surface area contributed by atoms with Gasteiger partial charge in [0.25, 0.3) is 0 Å². The highest BCUT2D eigenvalue weighted by Gasteiger charge is 2.30. The Morgan fingerprint density at radius 3 is 2.17 bits per heavy atom. The summed E-state index contributed by atoms with van der Waals surface area (Å²) < 4.78 is 0. The average Bonchev–Trinajstić information content (AvgIpc) is 2.44. The molecule has 23 heavy (non-hydrogen) atoms. The third-order valence-electron chi connectivity index (χ3n) is 3.46. The molecule has 0 fully saturated rings. The molecule has 1 aromatic rings. The Labute approximate surface area is 134 Å². The molecule has 0 aliphatic carbocycles. The summed E-state index contributed by atoms with van der Waals surface area (Å²) in [6.07, 6.45) is 2.58. The molecule has 126 valence electrons. The molecule has 0 aliphatic heterocycles. The highest BCUT2D eigenvalue weighted by atomic mass is 16.4. The maximum atomic E-state index is 11.9. The molecule has 1 atom stereocenters. The van der Waals surface area contributed by atoms with E-state index in [-0.39, 0.29) is 0 Å². The number of unbranched alkanes of at least 4 members (excludes halogenated alkanes) is 1. The second-order valence-electron chi connectivity index (χ2n) is 5.30. The number of carboxylic acids is 2. The molecular formula is C16H22N2O5. The van der Waals surface area contributed by atoms with Crippen LogP contribution >= 0.6 is 0 Å². The predicted molar refractivity (Wildman–Crippen MR) is 83.8 cm³/mol. The maximum absolute atomic E-state index is 11.9. The van der Waals surface area contributed by atoms with Gasteiger partial charge in [0.2, 0.25) is 5.91 Å². The number of carbonyl (C=O) groups is 3. The molecule has 0 aliphatic rings. The number of hydrogen-bond donors (Lipinski definition) is 3. The van der Waals surface area contributed by atoms with Crippen LogP contribution in [0.5, 0.6) is 0 Å². The van der Waals surface area contributed by atoms with Crippen molar-refractivity contribution in [3.05, 3.63) is 35.4 Å². The number of carboxylic acid groups (broad SMARTS) is 2. The van der Waals surface area contributed by atoms with Crippen LogP contribution in [0.3, 0.4) is 0 Å². The quantitative estimate of drug-likeness (QED) is 0.591. The molecule has 0 spiro atoms. The highest BCUT2D eigenvalue weighted by Crippen LogP contribution is 2.25. The van der Waals surface area contributed by atoms with Crippen molar-refractivity contribution in [3.63, 3.8) is 0 Å². The van der Waals surface area contributed by atoms with Gasteiger partial charge in [-0.2, -0.15) is 0 Å². The van der Waals surface area contributed by atoms with Crippen LogP contribution in [0.25, 0.3) is 0 Å². The summed E-state index contributed by atoms with van der Waals surface area (Å²) in [4.78, 5) is 35.0. The molecule has 4 N–H and O–H groups in total. The van der Waals surface area contributed by atoms with Crippen LogP contribution in [-0.4, -0.2) is 46.0 Å². The van der Waals surface area contributed by atoms with E-state index in [0.717, 1.165) is 23.3 Å². The number of nitrogens with two attached hydrogens (primary N) is 1. The summed E-state index contributed by atoms with van der Waals surface area (Å²) in [5.41, 5.74) is 6.89. The minimum absolute atomic E-state index is 0.566. The van der Waals surface area contributed by atoms with E-state index in [9.17, 15) is 14.4 Å². The Kier molecular flexibility index (Phi) is 7.21. The lowest BCUT2D eigenvalue weighted by atomic mass is 9.95. The van der Waals surface area contributed by atoms with Gasteiger partial charge in [0.15, 0.2) is 0 Å². The van der Waals surface area contributed by atoms with Gasteiger partial charge in [-0.25, -0.2) is 0 Å². The lowest BCUT2D eigenvalue weighted by Gasteiger charge is -2.28. The van der Waals surface area contributed by atoms with Crippen LogP contribution < -0.4 is 5.73 Å². The number of carbonyl (C=O) groups excluding carboxylic acids is 1. The number of primary amides is 1. The fourth-order valence-electron chi connectivity index (χ4n) is 2.51. The summed E-state index contributed by atoms with van der Waals surface area (Å²) in [6, 6.07) is 6.00. The Hall–Kier alpha value is -2.41. The molecule has 7 nitrogen and oxygen atoms in total.